The molecule has 0 aliphatic heterocycles. The van der Waals surface area contributed by atoms with Gasteiger partial charge in [-0.15, -0.1) is 10.2 Å². The minimum atomic E-state index is 0.542. The van der Waals surface area contributed by atoms with Crippen molar-refractivity contribution in [3.63, 3.8) is 0 Å². The zero-order chi connectivity index (χ0) is 14.1. The molecule has 0 spiro atoms. The van der Waals surface area contributed by atoms with E-state index in [1.165, 1.54) is 4.80 Å². The first-order chi connectivity index (χ1) is 9.70. The van der Waals surface area contributed by atoms with Crippen molar-refractivity contribution in [3.8, 4) is 17.1 Å². The van der Waals surface area contributed by atoms with Crippen molar-refractivity contribution in [3.05, 3.63) is 40.7 Å². The Morgan fingerprint density at radius 3 is 2.80 bits per heavy atom. The summed E-state index contributed by atoms with van der Waals surface area (Å²) in [6, 6.07) is 8.04. The van der Waals surface area contributed by atoms with Gasteiger partial charge in [-0.1, -0.05) is 30.4 Å². The average Bonchev–Trinajstić information content (AvgIpc) is 3.06. The predicted molar refractivity (Wildman–Crippen MR) is 78.2 cm³/mol. The van der Waals surface area contributed by atoms with Crippen molar-refractivity contribution in [1.29, 1.82) is 0 Å². The van der Waals surface area contributed by atoms with Gasteiger partial charge in [-0.25, -0.2) is 4.68 Å². The summed E-state index contributed by atoms with van der Waals surface area (Å²) in [5, 5.41) is 15.4. The van der Waals surface area contributed by atoms with Crippen molar-refractivity contribution in [2.45, 2.75) is 20.4 Å². The molecule has 0 unspecified atom stereocenters. The van der Waals surface area contributed by atoms with E-state index in [1.807, 2.05) is 49.0 Å². The van der Waals surface area contributed by atoms with E-state index in [9.17, 15) is 0 Å². The Balaban J connectivity index is 2.10. The monoisotopic (exact) mass is 286 g/mol. The highest BCUT2D eigenvalue weighted by Crippen LogP contribution is 2.20. The van der Waals surface area contributed by atoms with Gasteiger partial charge in [-0.2, -0.15) is 4.80 Å². The number of para-hydroxylation sites is 1. The maximum Gasteiger partial charge on any atom is 0.209 e. The molecular weight excluding hydrogens is 272 g/mol. The third-order valence-corrected chi connectivity index (χ3v) is 3.51. The van der Waals surface area contributed by atoms with Gasteiger partial charge in [-0.05, 0) is 30.7 Å². The quantitative estimate of drug-likeness (QED) is 0.751. The van der Waals surface area contributed by atoms with Gasteiger partial charge in [0, 0.05) is 6.20 Å². The lowest BCUT2D eigenvalue weighted by atomic mass is 10.2. The molecule has 6 nitrogen and oxygen atoms in total. The number of aromatic nitrogens is 6. The van der Waals surface area contributed by atoms with E-state index in [0.717, 1.165) is 16.8 Å². The SMILES string of the molecule is CCn1nnc(-c2c[nH]n(-c3ccccc3C)c2=S)n1. The third-order valence-electron chi connectivity index (χ3n) is 3.10. The molecular formula is C13H14N6S. The van der Waals surface area contributed by atoms with E-state index in [2.05, 4.69) is 20.5 Å². The highest BCUT2D eigenvalue weighted by molar-refractivity contribution is 7.71. The van der Waals surface area contributed by atoms with Crippen molar-refractivity contribution in [2.75, 3.05) is 0 Å². The number of hydrogen-bond acceptors (Lipinski definition) is 4. The Morgan fingerprint density at radius 1 is 1.30 bits per heavy atom. The van der Waals surface area contributed by atoms with Crippen molar-refractivity contribution >= 4 is 12.2 Å². The lowest BCUT2D eigenvalue weighted by Gasteiger charge is -2.05. The van der Waals surface area contributed by atoms with Gasteiger partial charge in [0.1, 0.15) is 4.64 Å². The van der Waals surface area contributed by atoms with Crippen LogP contribution in [0.4, 0.5) is 0 Å². The van der Waals surface area contributed by atoms with Gasteiger partial charge >= 0.3 is 0 Å². The van der Waals surface area contributed by atoms with E-state index in [4.69, 9.17) is 12.2 Å². The predicted octanol–water partition coefficient (Wildman–Crippen LogP) is 2.52. The normalized spacial score (nSPS) is 10.9. The molecule has 0 radical (unpaired) electrons. The molecule has 0 aliphatic rings. The molecule has 0 atom stereocenters. The molecule has 3 rings (SSSR count). The largest absolute Gasteiger partial charge is 0.299 e. The molecule has 1 aromatic carbocycles. The number of H-pyrrole nitrogens is 1. The Kier molecular flexibility index (Phi) is 3.19. The Hall–Kier alpha value is -2.28. The maximum absolute atomic E-state index is 5.51. The smallest absolute Gasteiger partial charge is 0.209 e. The molecule has 102 valence electrons. The van der Waals surface area contributed by atoms with Crippen molar-refractivity contribution < 1.29 is 0 Å². The van der Waals surface area contributed by atoms with Crippen LogP contribution in [0.2, 0.25) is 0 Å². The van der Waals surface area contributed by atoms with Crippen LogP contribution < -0.4 is 0 Å². The fraction of sp³-hybridized carbons (Fsp3) is 0.231. The van der Waals surface area contributed by atoms with Crippen LogP contribution in [-0.2, 0) is 6.54 Å². The Morgan fingerprint density at radius 2 is 2.10 bits per heavy atom. The molecule has 7 heteroatoms. The minimum absolute atomic E-state index is 0.542. The first kappa shape index (κ1) is 12.7. The Bertz CT molecular complexity index is 797. The molecule has 3 aromatic rings. The summed E-state index contributed by atoms with van der Waals surface area (Å²) in [5.74, 6) is 0.542. The third kappa shape index (κ3) is 2.05. The molecule has 2 aromatic heterocycles. The second-order valence-corrected chi connectivity index (χ2v) is 4.80. The first-order valence-electron chi connectivity index (χ1n) is 6.35. The molecule has 1 N–H and O–H groups in total. The standard InChI is InChI=1S/C13H14N6S/c1-3-18-16-12(15-17-18)10-8-14-19(13(10)20)11-7-5-4-6-9(11)2/h4-8,14H,3H2,1-2H3. The van der Waals surface area contributed by atoms with Crippen LogP contribution in [0, 0.1) is 11.6 Å². The molecule has 0 bridgehead atoms. The molecule has 2 heterocycles. The number of tetrazole rings is 1. The number of aryl methyl sites for hydroxylation is 2. The zero-order valence-corrected chi connectivity index (χ0v) is 12.1. The van der Waals surface area contributed by atoms with Crippen LogP contribution in [0.15, 0.2) is 30.5 Å². The van der Waals surface area contributed by atoms with Crippen molar-refractivity contribution in [1.82, 2.24) is 30.0 Å². The van der Waals surface area contributed by atoms with Gasteiger partial charge in [-0.3, -0.25) is 5.10 Å². The number of hydrogen-bond donors (Lipinski definition) is 1. The lowest BCUT2D eigenvalue weighted by Crippen LogP contribution is -1.99. The van der Waals surface area contributed by atoms with E-state index in [0.29, 0.717) is 17.0 Å². The van der Waals surface area contributed by atoms with Gasteiger partial charge in [0.2, 0.25) is 5.82 Å². The van der Waals surface area contributed by atoms with Gasteiger partial charge in [0.25, 0.3) is 0 Å². The second-order valence-electron chi connectivity index (χ2n) is 4.42. The minimum Gasteiger partial charge on any atom is -0.299 e. The second kappa shape index (κ2) is 5.01. The lowest BCUT2D eigenvalue weighted by molar-refractivity contribution is 0.553. The number of benzene rings is 1. The van der Waals surface area contributed by atoms with Crippen LogP contribution in [-0.4, -0.2) is 30.0 Å². The number of nitrogens with one attached hydrogen (secondary N) is 1. The van der Waals surface area contributed by atoms with E-state index in [1.54, 1.807) is 0 Å². The van der Waals surface area contributed by atoms with Crippen LogP contribution >= 0.6 is 12.2 Å². The van der Waals surface area contributed by atoms with E-state index in [-0.39, 0.29) is 0 Å². The summed E-state index contributed by atoms with van der Waals surface area (Å²) >= 11 is 5.51. The van der Waals surface area contributed by atoms with Crippen LogP contribution in [0.25, 0.3) is 17.1 Å². The van der Waals surface area contributed by atoms with Crippen molar-refractivity contribution in [2.24, 2.45) is 0 Å². The number of aromatic amines is 1. The summed E-state index contributed by atoms with van der Waals surface area (Å²) in [6.07, 6.45) is 1.81. The molecule has 0 fully saturated rings. The molecule has 0 aliphatic carbocycles. The Labute approximate surface area is 121 Å². The fourth-order valence-corrected chi connectivity index (χ4v) is 2.31. The first-order valence-corrected chi connectivity index (χ1v) is 6.76. The molecule has 0 amide bonds. The molecule has 0 saturated carbocycles. The molecule has 0 saturated heterocycles. The fourth-order valence-electron chi connectivity index (χ4n) is 2.01. The average molecular weight is 286 g/mol. The van der Waals surface area contributed by atoms with E-state index < -0.39 is 0 Å². The summed E-state index contributed by atoms with van der Waals surface area (Å²) < 4.78 is 2.50. The molecule has 20 heavy (non-hydrogen) atoms. The summed E-state index contributed by atoms with van der Waals surface area (Å²) in [6.45, 7) is 4.69. The number of nitrogens with zero attached hydrogens (tertiary/aromatic N) is 5. The summed E-state index contributed by atoms with van der Waals surface area (Å²) in [4.78, 5) is 1.54. The topological polar surface area (TPSA) is 64.3 Å². The maximum atomic E-state index is 5.51. The van der Waals surface area contributed by atoms with Gasteiger partial charge in [0.15, 0.2) is 0 Å². The van der Waals surface area contributed by atoms with Gasteiger partial charge < -0.3 is 0 Å². The summed E-state index contributed by atoms with van der Waals surface area (Å²) in [7, 11) is 0. The van der Waals surface area contributed by atoms with Crippen LogP contribution in [0.1, 0.15) is 12.5 Å². The highest BCUT2D eigenvalue weighted by atomic mass is 32.1. The number of rotatable bonds is 3. The van der Waals surface area contributed by atoms with Crippen LogP contribution in [0.5, 0.6) is 0 Å². The summed E-state index contributed by atoms with van der Waals surface area (Å²) in [5.41, 5.74) is 2.94. The zero-order valence-electron chi connectivity index (χ0n) is 11.2. The highest BCUT2D eigenvalue weighted by Gasteiger charge is 2.12. The van der Waals surface area contributed by atoms with Crippen LogP contribution in [0.3, 0.4) is 0 Å². The van der Waals surface area contributed by atoms with Gasteiger partial charge in [0.05, 0.1) is 17.8 Å². The van der Waals surface area contributed by atoms with E-state index >= 15 is 0 Å².